The van der Waals surface area contributed by atoms with E-state index in [9.17, 15) is 13.2 Å². The van der Waals surface area contributed by atoms with Crippen molar-refractivity contribution in [2.45, 2.75) is 32.7 Å². The third-order valence-corrected chi connectivity index (χ3v) is 6.07. The van der Waals surface area contributed by atoms with Crippen LogP contribution in [0, 0.1) is 0 Å². The predicted octanol–water partition coefficient (Wildman–Crippen LogP) is 4.91. The summed E-state index contributed by atoms with van der Waals surface area (Å²) in [5.41, 5.74) is 2.01. The SMILES string of the molecule is CC(C)c1ccc(NC(=O)[C@@H](C)N(c2ccc(Cl)c(Cl)c2)S(C)(=O)=O)cc1. The summed E-state index contributed by atoms with van der Waals surface area (Å²) in [6.45, 7) is 5.68. The maximum Gasteiger partial charge on any atom is 0.247 e. The van der Waals surface area contributed by atoms with Crippen molar-refractivity contribution in [2.24, 2.45) is 0 Å². The van der Waals surface area contributed by atoms with Gasteiger partial charge >= 0.3 is 0 Å². The van der Waals surface area contributed by atoms with Crippen LogP contribution in [0.5, 0.6) is 0 Å². The maximum absolute atomic E-state index is 12.7. The highest BCUT2D eigenvalue weighted by molar-refractivity contribution is 7.92. The zero-order valence-electron chi connectivity index (χ0n) is 15.5. The lowest BCUT2D eigenvalue weighted by Crippen LogP contribution is -2.45. The fraction of sp³-hybridized carbons (Fsp3) is 0.316. The molecular formula is C19H22Cl2N2O3S. The van der Waals surface area contributed by atoms with Gasteiger partial charge in [-0.2, -0.15) is 0 Å². The van der Waals surface area contributed by atoms with Gasteiger partial charge in [-0.1, -0.05) is 49.2 Å². The van der Waals surface area contributed by atoms with Crippen LogP contribution in [-0.4, -0.2) is 26.6 Å². The molecule has 0 heterocycles. The molecule has 146 valence electrons. The summed E-state index contributed by atoms with van der Waals surface area (Å²) in [7, 11) is -3.73. The largest absolute Gasteiger partial charge is 0.324 e. The summed E-state index contributed by atoms with van der Waals surface area (Å²) in [6.07, 6.45) is 1.04. The second-order valence-corrected chi connectivity index (χ2v) is 9.27. The topological polar surface area (TPSA) is 66.5 Å². The minimum atomic E-state index is -3.73. The molecule has 2 rings (SSSR count). The quantitative estimate of drug-likeness (QED) is 0.710. The fourth-order valence-corrected chi connectivity index (χ4v) is 4.09. The Hall–Kier alpha value is -1.76. The summed E-state index contributed by atoms with van der Waals surface area (Å²) >= 11 is 11.9. The van der Waals surface area contributed by atoms with E-state index in [1.807, 2.05) is 12.1 Å². The lowest BCUT2D eigenvalue weighted by Gasteiger charge is -2.28. The van der Waals surface area contributed by atoms with E-state index >= 15 is 0 Å². The fourth-order valence-electron chi connectivity index (χ4n) is 2.63. The van der Waals surface area contributed by atoms with Gasteiger partial charge < -0.3 is 5.32 Å². The van der Waals surface area contributed by atoms with E-state index in [0.717, 1.165) is 16.1 Å². The number of sulfonamides is 1. The standard InChI is InChI=1S/C19H22Cl2N2O3S/c1-12(2)14-5-7-15(8-6-14)22-19(24)13(3)23(27(4,25)26)16-9-10-17(20)18(21)11-16/h5-13H,1-4H3,(H,22,24)/t13-/m1/s1. The molecule has 0 radical (unpaired) electrons. The molecule has 0 aliphatic heterocycles. The normalized spacial score (nSPS) is 12.7. The molecule has 1 N–H and O–H groups in total. The van der Waals surface area contributed by atoms with Crippen molar-refractivity contribution in [1.82, 2.24) is 0 Å². The van der Waals surface area contributed by atoms with E-state index in [4.69, 9.17) is 23.2 Å². The van der Waals surface area contributed by atoms with Crippen molar-refractivity contribution in [3.8, 4) is 0 Å². The number of carbonyl (C=O) groups is 1. The zero-order valence-corrected chi connectivity index (χ0v) is 17.9. The smallest absolute Gasteiger partial charge is 0.247 e. The van der Waals surface area contributed by atoms with Crippen molar-refractivity contribution in [1.29, 1.82) is 0 Å². The van der Waals surface area contributed by atoms with Crippen molar-refractivity contribution in [2.75, 3.05) is 15.9 Å². The van der Waals surface area contributed by atoms with Crippen LogP contribution in [0.4, 0.5) is 11.4 Å². The molecule has 0 saturated heterocycles. The van der Waals surface area contributed by atoms with E-state index in [-0.39, 0.29) is 10.7 Å². The van der Waals surface area contributed by atoms with Gasteiger partial charge in [0, 0.05) is 5.69 Å². The summed E-state index contributed by atoms with van der Waals surface area (Å²) < 4.78 is 25.7. The van der Waals surface area contributed by atoms with Gasteiger partial charge in [0.05, 0.1) is 22.0 Å². The highest BCUT2D eigenvalue weighted by atomic mass is 35.5. The highest BCUT2D eigenvalue weighted by Gasteiger charge is 2.29. The Balaban J connectivity index is 2.28. The van der Waals surface area contributed by atoms with Crippen LogP contribution < -0.4 is 9.62 Å². The first-order valence-electron chi connectivity index (χ1n) is 8.36. The summed E-state index contributed by atoms with van der Waals surface area (Å²) in [4.78, 5) is 12.7. The molecule has 5 nitrogen and oxygen atoms in total. The number of carbonyl (C=O) groups excluding carboxylic acids is 1. The predicted molar refractivity (Wildman–Crippen MR) is 112 cm³/mol. The zero-order chi connectivity index (χ0) is 20.4. The van der Waals surface area contributed by atoms with E-state index in [1.165, 1.54) is 25.1 Å². The number of hydrogen-bond donors (Lipinski definition) is 1. The Labute approximate surface area is 170 Å². The van der Waals surface area contributed by atoms with E-state index in [1.54, 1.807) is 12.1 Å². The average molecular weight is 429 g/mol. The van der Waals surface area contributed by atoms with Crippen molar-refractivity contribution in [3.05, 3.63) is 58.1 Å². The molecule has 0 spiro atoms. The van der Waals surface area contributed by atoms with Gasteiger partial charge in [-0.25, -0.2) is 8.42 Å². The molecule has 0 bridgehead atoms. The minimum absolute atomic E-state index is 0.208. The molecular weight excluding hydrogens is 407 g/mol. The Morgan fingerprint density at radius 2 is 1.59 bits per heavy atom. The van der Waals surface area contributed by atoms with Crippen LogP contribution in [0.2, 0.25) is 10.0 Å². The lowest BCUT2D eigenvalue weighted by molar-refractivity contribution is -0.116. The molecule has 0 unspecified atom stereocenters. The van der Waals surface area contributed by atoms with E-state index in [0.29, 0.717) is 16.6 Å². The van der Waals surface area contributed by atoms with Crippen LogP contribution in [-0.2, 0) is 14.8 Å². The van der Waals surface area contributed by atoms with Crippen LogP contribution in [0.25, 0.3) is 0 Å². The summed E-state index contributed by atoms with van der Waals surface area (Å²) in [5, 5.41) is 3.26. The summed E-state index contributed by atoms with van der Waals surface area (Å²) in [5.74, 6) is -0.0761. The van der Waals surface area contributed by atoms with E-state index in [2.05, 4.69) is 19.2 Å². The van der Waals surface area contributed by atoms with Gasteiger partial charge in [0.25, 0.3) is 0 Å². The molecule has 8 heteroatoms. The van der Waals surface area contributed by atoms with Gasteiger partial charge in [0.15, 0.2) is 0 Å². The highest BCUT2D eigenvalue weighted by Crippen LogP contribution is 2.30. The van der Waals surface area contributed by atoms with Crippen molar-refractivity contribution >= 4 is 50.5 Å². The van der Waals surface area contributed by atoms with Crippen LogP contribution in [0.15, 0.2) is 42.5 Å². The van der Waals surface area contributed by atoms with Gasteiger partial charge in [0.1, 0.15) is 6.04 Å². The first kappa shape index (κ1) is 21.5. The molecule has 1 atom stereocenters. The third-order valence-electron chi connectivity index (χ3n) is 4.09. The van der Waals surface area contributed by atoms with Crippen LogP contribution in [0.3, 0.4) is 0 Å². The number of rotatable bonds is 6. The molecule has 0 aliphatic rings. The van der Waals surface area contributed by atoms with Gasteiger partial charge in [0.2, 0.25) is 15.9 Å². The molecule has 27 heavy (non-hydrogen) atoms. The monoisotopic (exact) mass is 428 g/mol. The molecule has 2 aromatic carbocycles. The Morgan fingerprint density at radius 1 is 1.00 bits per heavy atom. The van der Waals surface area contributed by atoms with Crippen LogP contribution in [0.1, 0.15) is 32.3 Å². The molecule has 0 fully saturated rings. The number of benzene rings is 2. The van der Waals surface area contributed by atoms with Crippen molar-refractivity contribution in [3.63, 3.8) is 0 Å². The number of hydrogen-bond acceptors (Lipinski definition) is 3. The van der Waals surface area contributed by atoms with Crippen LogP contribution >= 0.6 is 23.2 Å². The second-order valence-electron chi connectivity index (χ2n) is 6.60. The van der Waals surface area contributed by atoms with E-state index < -0.39 is 22.0 Å². The second kappa shape index (κ2) is 8.50. The Bertz CT molecular complexity index is 928. The third kappa shape index (κ3) is 5.37. The Morgan fingerprint density at radius 3 is 2.07 bits per heavy atom. The molecule has 0 aromatic heterocycles. The lowest BCUT2D eigenvalue weighted by atomic mass is 10.0. The number of nitrogens with zero attached hydrogens (tertiary/aromatic N) is 1. The van der Waals surface area contributed by atoms with Crippen molar-refractivity contribution < 1.29 is 13.2 Å². The number of halogens is 2. The van der Waals surface area contributed by atoms with Gasteiger partial charge in [-0.3, -0.25) is 9.10 Å². The number of anilines is 2. The maximum atomic E-state index is 12.7. The molecule has 2 aromatic rings. The minimum Gasteiger partial charge on any atom is -0.324 e. The first-order chi connectivity index (χ1) is 12.5. The van der Waals surface area contributed by atoms with Gasteiger partial charge in [-0.15, -0.1) is 0 Å². The molecule has 1 amide bonds. The number of amides is 1. The summed E-state index contributed by atoms with van der Waals surface area (Å²) in [6, 6.07) is 10.9. The van der Waals surface area contributed by atoms with Gasteiger partial charge in [-0.05, 0) is 48.7 Å². The average Bonchev–Trinajstić information content (AvgIpc) is 2.57. The first-order valence-corrected chi connectivity index (χ1v) is 11.0. The number of nitrogens with one attached hydrogen (secondary N) is 1. The molecule has 0 saturated carbocycles. The Kier molecular flexibility index (Phi) is 6.78. The molecule has 0 aliphatic carbocycles.